The Morgan fingerprint density at radius 2 is 1.15 bits per heavy atom. The zero-order valence-corrected chi connectivity index (χ0v) is 34.2. The highest BCUT2D eigenvalue weighted by Crippen LogP contribution is 2.41. The average molecular weight is 837 g/mol. The summed E-state index contributed by atoms with van der Waals surface area (Å²) >= 11 is 6.27. The van der Waals surface area contributed by atoms with Gasteiger partial charge < -0.3 is 24.6 Å². The van der Waals surface area contributed by atoms with E-state index < -0.39 is 23.3 Å². The van der Waals surface area contributed by atoms with E-state index in [1.165, 1.54) is 12.1 Å². The van der Waals surface area contributed by atoms with Crippen molar-refractivity contribution in [1.82, 2.24) is 24.9 Å². The van der Waals surface area contributed by atoms with Crippen molar-refractivity contribution in [2.45, 2.75) is 27.7 Å². The summed E-state index contributed by atoms with van der Waals surface area (Å²) in [6.07, 6.45) is 8.67. The first-order valence-corrected chi connectivity index (χ1v) is 19.8. The quantitative estimate of drug-likeness (QED) is 0.163. The van der Waals surface area contributed by atoms with E-state index in [1.807, 2.05) is 45.2 Å². The van der Waals surface area contributed by atoms with Crippen LogP contribution in [0.4, 0.5) is 40.4 Å². The van der Waals surface area contributed by atoms with Crippen molar-refractivity contribution in [1.29, 1.82) is 0 Å². The average Bonchev–Trinajstić information content (AvgIpc) is 3.24. The van der Waals surface area contributed by atoms with Crippen LogP contribution in [0.3, 0.4) is 0 Å². The highest BCUT2D eigenvalue weighted by Gasteiger charge is 2.24. The van der Waals surface area contributed by atoms with Crippen LogP contribution < -0.4 is 15.1 Å². The van der Waals surface area contributed by atoms with Crippen molar-refractivity contribution >= 4 is 56.3 Å². The van der Waals surface area contributed by atoms with E-state index in [9.17, 15) is 13.2 Å². The molecule has 0 saturated carbocycles. The number of aromatic nitrogens is 5. The SMILES string of the molecule is Cc1ccncc1-c1nc2cc(F)cc(F)c2c(Cl)c1C.Cc1ccncc1-c1nc2cc(F)cc(F)c2c(Nc2cc(N3CCOCC3)cnc2N2CCOCC2)c1C. The third-order valence-electron chi connectivity index (χ3n) is 10.8. The minimum Gasteiger partial charge on any atom is -0.378 e. The van der Waals surface area contributed by atoms with E-state index in [2.05, 4.69) is 30.1 Å². The smallest absolute Gasteiger partial charge is 0.152 e. The number of pyridine rings is 5. The normalized spacial score (nSPS) is 14.3. The van der Waals surface area contributed by atoms with Crippen LogP contribution >= 0.6 is 11.6 Å². The summed E-state index contributed by atoms with van der Waals surface area (Å²) < 4.78 is 68.2. The number of benzene rings is 2. The lowest BCUT2D eigenvalue weighted by molar-refractivity contribution is 0.122. The second-order valence-corrected chi connectivity index (χ2v) is 15.1. The fourth-order valence-electron chi connectivity index (χ4n) is 7.57. The lowest BCUT2D eigenvalue weighted by Crippen LogP contribution is -2.38. The van der Waals surface area contributed by atoms with Crippen LogP contribution in [0.25, 0.3) is 44.3 Å². The van der Waals surface area contributed by atoms with Gasteiger partial charge in [0.05, 0.1) is 87.9 Å². The Labute approximate surface area is 349 Å². The lowest BCUT2D eigenvalue weighted by atomic mass is 9.99. The summed E-state index contributed by atoms with van der Waals surface area (Å²) in [5, 5.41) is 4.14. The van der Waals surface area contributed by atoms with Crippen molar-refractivity contribution < 1.29 is 27.0 Å². The number of hydrogen-bond donors (Lipinski definition) is 1. The maximum atomic E-state index is 15.4. The van der Waals surface area contributed by atoms with Crippen LogP contribution in [0.1, 0.15) is 22.3 Å². The van der Waals surface area contributed by atoms with Crippen LogP contribution in [-0.2, 0) is 9.47 Å². The molecule has 0 spiro atoms. The van der Waals surface area contributed by atoms with Crippen molar-refractivity contribution in [3.8, 4) is 22.5 Å². The van der Waals surface area contributed by atoms with Gasteiger partial charge in [-0.3, -0.25) is 9.97 Å². The molecule has 60 heavy (non-hydrogen) atoms. The zero-order chi connectivity index (χ0) is 42.1. The van der Waals surface area contributed by atoms with E-state index in [1.54, 1.807) is 31.7 Å². The number of aryl methyl sites for hydroxylation is 2. The Kier molecular flexibility index (Phi) is 11.8. The molecule has 0 aliphatic carbocycles. The summed E-state index contributed by atoms with van der Waals surface area (Å²) in [6, 6.07) is 9.94. The van der Waals surface area contributed by atoms with Gasteiger partial charge >= 0.3 is 0 Å². The number of ether oxygens (including phenoxy) is 2. The molecular formula is C45H41ClF4N8O2. The van der Waals surface area contributed by atoms with Crippen LogP contribution in [0, 0.1) is 51.0 Å². The predicted molar refractivity (Wildman–Crippen MR) is 227 cm³/mol. The summed E-state index contributed by atoms with van der Waals surface area (Å²) in [7, 11) is 0. The van der Waals surface area contributed by atoms with Crippen LogP contribution in [-0.4, -0.2) is 77.5 Å². The number of nitrogens with zero attached hydrogens (tertiary/aromatic N) is 7. The number of anilines is 4. The van der Waals surface area contributed by atoms with Gasteiger partial charge in [0, 0.05) is 86.4 Å². The molecule has 9 rings (SSSR count). The highest BCUT2D eigenvalue weighted by molar-refractivity contribution is 6.36. The van der Waals surface area contributed by atoms with Gasteiger partial charge in [0.25, 0.3) is 0 Å². The molecule has 2 saturated heterocycles. The van der Waals surface area contributed by atoms with Crippen LogP contribution in [0.2, 0.25) is 5.02 Å². The van der Waals surface area contributed by atoms with E-state index in [0.717, 1.165) is 70.2 Å². The van der Waals surface area contributed by atoms with E-state index in [4.69, 9.17) is 31.0 Å². The Hall–Kier alpha value is -5.96. The van der Waals surface area contributed by atoms with Gasteiger partial charge in [0.1, 0.15) is 23.3 Å². The molecule has 2 aromatic carbocycles. The second kappa shape index (κ2) is 17.3. The van der Waals surface area contributed by atoms with Crippen molar-refractivity contribution in [2.75, 3.05) is 67.7 Å². The largest absolute Gasteiger partial charge is 0.378 e. The molecule has 7 aromatic rings. The first-order chi connectivity index (χ1) is 29.0. The summed E-state index contributed by atoms with van der Waals surface area (Å²) in [4.78, 5) is 26.7. The molecule has 0 amide bonds. The van der Waals surface area contributed by atoms with Gasteiger partial charge in [-0.25, -0.2) is 32.5 Å². The van der Waals surface area contributed by atoms with E-state index >= 15 is 4.39 Å². The molecule has 7 heterocycles. The Morgan fingerprint density at radius 1 is 0.633 bits per heavy atom. The van der Waals surface area contributed by atoms with Gasteiger partial charge in [0.15, 0.2) is 5.82 Å². The molecule has 0 atom stereocenters. The van der Waals surface area contributed by atoms with Crippen LogP contribution in [0.5, 0.6) is 0 Å². The molecular weight excluding hydrogens is 796 g/mol. The molecule has 2 aliphatic heterocycles. The Balaban J connectivity index is 0.000000200. The minimum absolute atomic E-state index is 0.140. The lowest BCUT2D eigenvalue weighted by Gasteiger charge is -2.32. The third kappa shape index (κ3) is 8.14. The fraction of sp³-hybridized carbons (Fsp3) is 0.267. The fourth-order valence-corrected chi connectivity index (χ4v) is 7.84. The highest BCUT2D eigenvalue weighted by atomic mass is 35.5. The number of nitrogens with one attached hydrogen (secondary N) is 1. The zero-order valence-electron chi connectivity index (χ0n) is 33.4. The first kappa shape index (κ1) is 40.8. The monoisotopic (exact) mass is 836 g/mol. The number of halogens is 5. The standard InChI is InChI=1S/C29H30F2N6O2.C16H11ClF2N2/c1-18-3-4-32-17-22(18)27-19(2)28(26-23(31)13-20(30)14-24(26)34-27)35-25-15-21(36-5-9-38-10-6-36)16-33-29(25)37-7-11-39-12-8-37;1-8-3-4-20-7-11(8)16-9(2)15(17)14-12(19)5-10(18)6-13(14)21-16/h3-4,13-17H,5-12H2,1-2H3,(H,34,35);3-7H,1-2H3. The number of rotatable bonds is 6. The Morgan fingerprint density at radius 3 is 1.72 bits per heavy atom. The number of fused-ring (bicyclic) bond motifs is 2. The molecule has 0 bridgehead atoms. The third-order valence-corrected chi connectivity index (χ3v) is 11.3. The minimum atomic E-state index is -0.708. The van der Waals surface area contributed by atoms with Crippen LogP contribution in [0.15, 0.2) is 73.4 Å². The number of morpholine rings is 2. The molecule has 15 heteroatoms. The van der Waals surface area contributed by atoms with Gasteiger partial charge in [-0.05, 0) is 68.1 Å². The second-order valence-electron chi connectivity index (χ2n) is 14.7. The molecule has 10 nitrogen and oxygen atoms in total. The molecule has 2 fully saturated rings. The molecule has 1 N–H and O–H groups in total. The van der Waals surface area contributed by atoms with Crippen molar-refractivity contribution in [3.05, 3.63) is 124 Å². The van der Waals surface area contributed by atoms with Crippen molar-refractivity contribution in [3.63, 3.8) is 0 Å². The van der Waals surface area contributed by atoms with Gasteiger partial charge in [-0.15, -0.1) is 0 Å². The van der Waals surface area contributed by atoms with E-state index in [0.29, 0.717) is 62.2 Å². The molecule has 308 valence electrons. The molecule has 0 radical (unpaired) electrons. The maximum Gasteiger partial charge on any atom is 0.152 e. The van der Waals surface area contributed by atoms with Crippen molar-refractivity contribution in [2.24, 2.45) is 0 Å². The van der Waals surface area contributed by atoms with E-state index in [-0.39, 0.29) is 26.8 Å². The maximum absolute atomic E-state index is 15.4. The topological polar surface area (TPSA) is 101 Å². The molecule has 5 aromatic heterocycles. The Bertz CT molecular complexity index is 2750. The summed E-state index contributed by atoms with van der Waals surface area (Å²) in [5.41, 5.74) is 8.73. The van der Waals surface area contributed by atoms with Gasteiger partial charge in [-0.1, -0.05) is 11.6 Å². The molecule has 2 aliphatic rings. The molecule has 0 unspecified atom stereocenters. The first-order valence-electron chi connectivity index (χ1n) is 19.5. The summed E-state index contributed by atoms with van der Waals surface area (Å²) in [5.74, 6) is -1.99. The van der Waals surface area contributed by atoms with Gasteiger partial charge in [-0.2, -0.15) is 0 Å². The summed E-state index contributed by atoms with van der Waals surface area (Å²) in [6.45, 7) is 12.9. The van der Waals surface area contributed by atoms with Gasteiger partial charge in [0.2, 0.25) is 0 Å². The predicted octanol–water partition coefficient (Wildman–Crippen LogP) is 9.85. The number of hydrogen-bond acceptors (Lipinski definition) is 10.